The van der Waals surface area contributed by atoms with Crippen molar-refractivity contribution in [3.63, 3.8) is 0 Å². The van der Waals surface area contributed by atoms with Gasteiger partial charge in [-0.1, -0.05) is 12.1 Å². The van der Waals surface area contributed by atoms with Crippen LogP contribution < -0.4 is 0 Å². The van der Waals surface area contributed by atoms with Crippen molar-refractivity contribution in [2.24, 2.45) is 0 Å². The summed E-state index contributed by atoms with van der Waals surface area (Å²) in [5.41, 5.74) is -0.147. The van der Waals surface area contributed by atoms with Crippen LogP contribution in [-0.4, -0.2) is 95.3 Å². The van der Waals surface area contributed by atoms with Crippen LogP contribution >= 0.6 is 0 Å². The Hall–Kier alpha value is -3.31. The first-order chi connectivity index (χ1) is 15.2. The zero-order valence-corrected chi connectivity index (χ0v) is 18.2. The Morgan fingerprint density at radius 3 is 2.53 bits per heavy atom. The molecular weight excluding hydrogens is 436 g/mol. The monoisotopic (exact) mass is 458 g/mol. The predicted molar refractivity (Wildman–Crippen MR) is 115 cm³/mol. The summed E-state index contributed by atoms with van der Waals surface area (Å²) in [6, 6.07) is 4.99. The van der Waals surface area contributed by atoms with Gasteiger partial charge in [-0.3, -0.25) is 19.5 Å². The van der Waals surface area contributed by atoms with E-state index in [1.54, 1.807) is 23.1 Å². The number of carboxylic acid groups (broad SMARTS) is 1. The van der Waals surface area contributed by atoms with Gasteiger partial charge in [0.05, 0.1) is 17.0 Å². The molecule has 1 atom stereocenters. The molecule has 168 valence electrons. The first kappa shape index (κ1) is 21.9. The number of allylic oxidation sites excluding steroid dienone is 1. The normalized spacial score (nSPS) is 24.6. The van der Waals surface area contributed by atoms with E-state index in [4.69, 9.17) is 0 Å². The van der Waals surface area contributed by atoms with Crippen LogP contribution in [0.1, 0.15) is 5.69 Å². The van der Waals surface area contributed by atoms with Crippen molar-refractivity contribution in [3.05, 3.63) is 59.1 Å². The molecule has 2 fully saturated rings. The van der Waals surface area contributed by atoms with Gasteiger partial charge in [-0.25, -0.2) is 13.2 Å². The van der Waals surface area contributed by atoms with Gasteiger partial charge in [0, 0.05) is 38.5 Å². The van der Waals surface area contributed by atoms with Crippen LogP contribution in [0.2, 0.25) is 0 Å². The van der Waals surface area contributed by atoms with Crippen molar-refractivity contribution in [2.75, 3.05) is 39.0 Å². The van der Waals surface area contributed by atoms with Gasteiger partial charge in [-0.05, 0) is 30.8 Å². The minimum absolute atomic E-state index is 0.0287. The summed E-state index contributed by atoms with van der Waals surface area (Å²) in [4.78, 5) is 45.7. The summed E-state index contributed by atoms with van der Waals surface area (Å²) in [7, 11) is -1.97. The molecule has 3 aliphatic heterocycles. The van der Waals surface area contributed by atoms with E-state index in [0.29, 0.717) is 31.9 Å². The number of aliphatic carboxylic acids is 1. The van der Waals surface area contributed by atoms with Gasteiger partial charge < -0.3 is 14.9 Å². The largest absolute Gasteiger partial charge is 0.477 e. The standard InChI is InChI=1S/C21H22N4O6S/c1-23-8-10-24(11-9-23)17(26)6-5-14-13-32(30,31)20-16(12-15-4-2-3-7-22-15)19(27)25(20)18(14)21(28)29/h2-7,12,20H,8-11,13H2,1H3,(H,28,29)/b6-5+,16-12-/t20-/m1/s1. The van der Waals surface area contributed by atoms with E-state index in [9.17, 15) is 27.9 Å². The van der Waals surface area contributed by atoms with Crippen LogP contribution in [0.3, 0.4) is 0 Å². The highest BCUT2D eigenvalue weighted by Gasteiger charge is 2.56. The van der Waals surface area contributed by atoms with Gasteiger partial charge in [-0.15, -0.1) is 0 Å². The maximum atomic E-state index is 12.9. The molecule has 11 heteroatoms. The maximum Gasteiger partial charge on any atom is 0.352 e. The lowest BCUT2D eigenvalue weighted by Gasteiger charge is -2.45. The van der Waals surface area contributed by atoms with Gasteiger partial charge in [0.25, 0.3) is 5.91 Å². The second kappa shape index (κ2) is 8.32. The molecule has 0 saturated carbocycles. The first-order valence-electron chi connectivity index (χ1n) is 9.99. The van der Waals surface area contributed by atoms with Crippen molar-refractivity contribution in [3.8, 4) is 0 Å². The number of amides is 2. The third-order valence-electron chi connectivity index (χ3n) is 5.64. The van der Waals surface area contributed by atoms with Gasteiger partial charge in [0.2, 0.25) is 5.91 Å². The summed E-state index contributed by atoms with van der Waals surface area (Å²) < 4.78 is 25.9. The van der Waals surface area contributed by atoms with Crippen LogP contribution in [0.15, 0.2) is 53.4 Å². The third kappa shape index (κ3) is 3.96. The topological polar surface area (TPSA) is 128 Å². The molecule has 0 bridgehead atoms. The number of piperazine rings is 1. The first-order valence-corrected chi connectivity index (χ1v) is 11.7. The Balaban J connectivity index is 1.64. The number of β-lactam (4-membered cyclic amide) rings is 1. The lowest BCUT2D eigenvalue weighted by atomic mass is 10.0. The molecule has 0 aromatic carbocycles. The number of carbonyl (C=O) groups excluding carboxylic acids is 2. The average molecular weight is 458 g/mol. The fourth-order valence-electron chi connectivity index (χ4n) is 3.94. The lowest BCUT2D eigenvalue weighted by molar-refractivity contribution is -0.141. The highest BCUT2D eigenvalue weighted by Crippen LogP contribution is 2.41. The molecule has 3 aliphatic rings. The molecule has 2 saturated heterocycles. The van der Waals surface area contributed by atoms with E-state index in [-0.39, 0.29) is 17.1 Å². The second-order valence-corrected chi connectivity index (χ2v) is 9.89. The number of pyridine rings is 1. The van der Waals surface area contributed by atoms with Crippen LogP contribution in [0.25, 0.3) is 6.08 Å². The minimum atomic E-state index is -3.92. The van der Waals surface area contributed by atoms with E-state index < -0.39 is 38.5 Å². The molecule has 0 aliphatic carbocycles. The fraction of sp³-hybridized carbons (Fsp3) is 0.333. The van der Waals surface area contributed by atoms with Crippen molar-refractivity contribution in [1.29, 1.82) is 0 Å². The number of hydrogen-bond acceptors (Lipinski definition) is 7. The van der Waals surface area contributed by atoms with Gasteiger partial charge in [0.15, 0.2) is 15.2 Å². The number of carboxylic acids is 1. The smallest absolute Gasteiger partial charge is 0.352 e. The number of nitrogens with zero attached hydrogens (tertiary/aromatic N) is 4. The molecule has 4 heterocycles. The van der Waals surface area contributed by atoms with Crippen molar-refractivity contribution in [1.82, 2.24) is 19.7 Å². The van der Waals surface area contributed by atoms with Crippen LogP contribution in [-0.2, 0) is 24.2 Å². The van der Waals surface area contributed by atoms with Crippen LogP contribution in [0, 0.1) is 0 Å². The number of fused-ring (bicyclic) bond motifs is 1. The number of sulfone groups is 1. The molecule has 1 N–H and O–H groups in total. The van der Waals surface area contributed by atoms with Crippen LogP contribution in [0.4, 0.5) is 0 Å². The maximum absolute atomic E-state index is 12.9. The highest BCUT2D eigenvalue weighted by atomic mass is 32.2. The Morgan fingerprint density at radius 2 is 1.91 bits per heavy atom. The molecule has 2 amide bonds. The Morgan fingerprint density at radius 1 is 1.19 bits per heavy atom. The third-order valence-corrected chi connectivity index (χ3v) is 7.50. The number of likely N-dealkylation sites (N-methyl/N-ethyl adjacent to an activating group) is 1. The zero-order chi connectivity index (χ0) is 23.0. The minimum Gasteiger partial charge on any atom is -0.477 e. The molecule has 10 nitrogen and oxygen atoms in total. The second-order valence-electron chi connectivity index (χ2n) is 7.83. The summed E-state index contributed by atoms with van der Waals surface area (Å²) in [5, 5.41) is 8.34. The molecule has 0 unspecified atom stereocenters. The Kier molecular flexibility index (Phi) is 5.70. The van der Waals surface area contributed by atoms with Crippen LogP contribution in [0.5, 0.6) is 0 Å². The van der Waals surface area contributed by atoms with E-state index in [2.05, 4.69) is 9.88 Å². The van der Waals surface area contributed by atoms with E-state index in [0.717, 1.165) is 4.90 Å². The molecule has 0 radical (unpaired) electrons. The van der Waals surface area contributed by atoms with E-state index >= 15 is 0 Å². The fourth-order valence-corrected chi connectivity index (χ4v) is 5.84. The molecule has 1 aromatic rings. The molecule has 32 heavy (non-hydrogen) atoms. The summed E-state index contributed by atoms with van der Waals surface area (Å²) in [6.45, 7) is 2.48. The van der Waals surface area contributed by atoms with E-state index in [1.807, 2.05) is 7.05 Å². The molecular formula is C21H22N4O6S. The van der Waals surface area contributed by atoms with Gasteiger partial charge in [0.1, 0.15) is 5.70 Å². The molecule has 1 aromatic heterocycles. The number of hydrogen-bond donors (Lipinski definition) is 1. The van der Waals surface area contributed by atoms with Crippen molar-refractivity contribution in [2.45, 2.75) is 5.37 Å². The SMILES string of the molecule is CN1CCN(C(=O)/C=C/C2=C(C(=O)O)N3C(=O)/C(=C/c4ccccn4)[C@H]3S(=O)(=O)C2)CC1. The molecule has 4 rings (SSSR count). The van der Waals surface area contributed by atoms with Gasteiger partial charge in [-0.2, -0.15) is 0 Å². The Bertz CT molecular complexity index is 1160. The predicted octanol–water partition coefficient (Wildman–Crippen LogP) is -0.269. The quantitative estimate of drug-likeness (QED) is 0.482. The summed E-state index contributed by atoms with van der Waals surface area (Å²) in [5.74, 6) is -3.06. The summed E-state index contributed by atoms with van der Waals surface area (Å²) >= 11 is 0. The van der Waals surface area contributed by atoms with Crippen molar-refractivity contribution >= 4 is 33.7 Å². The number of carbonyl (C=O) groups is 3. The highest BCUT2D eigenvalue weighted by molar-refractivity contribution is 7.92. The van der Waals surface area contributed by atoms with E-state index in [1.165, 1.54) is 24.4 Å². The number of aromatic nitrogens is 1. The van der Waals surface area contributed by atoms with Gasteiger partial charge >= 0.3 is 5.97 Å². The average Bonchev–Trinajstić information content (AvgIpc) is 2.76. The summed E-state index contributed by atoms with van der Waals surface area (Å²) in [6.07, 6.45) is 5.24. The zero-order valence-electron chi connectivity index (χ0n) is 17.3. The van der Waals surface area contributed by atoms with Crippen molar-refractivity contribution < 1.29 is 27.9 Å². The number of rotatable bonds is 4. The lowest BCUT2D eigenvalue weighted by Crippen LogP contribution is -2.62. The molecule has 0 spiro atoms. The Labute approximate surface area is 185 Å².